The highest BCUT2D eigenvalue weighted by Gasteiger charge is 2.31. The number of carboxylic acids is 1. The summed E-state index contributed by atoms with van der Waals surface area (Å²) in [5.41, 5.74) is 0.306. The van der Waals surface area contributed by atoms with E-state index in [2.05, 4.69) is 4.98 Å². The third-order valence-corrected chi connectivity index (χ3v) is 5.95. The van der Waals surface area contributed by atoms with Crippen LogP contribution < -0.4 is 0 Å². The second-order valence-corrected chi connectivity index (χ2v) is 7.95. The number of aromatic carboxylic acids is 1. The van der Waals surface area contributed by atoms with E-state index in [-0.39, 0.29) is 18.0 Å². The number of aromatic nitrogens is 2. The van der Waals surface area contributed by atoms with Crippen LogP contribution in [0.5, 0.6) is 0 Å². The van der Waals surface area contributed by atoms with Crippen molar-refractivity contribution in [2.75, 3.05) is 0 Å². The molecule has 9 heteroatoms. The lowest BCUT2D eigenvalue weighted by molar-refractivity contribution is -0.137. The molecule has 0 aliphatic rings. The molecule has 0 aliphatic carbocycles. The van der Waals surface area contributed by atoms with Crippen LogP contribution in [-0.4, -0.2) is 26.4 Å². The van der Waals surface area contributed by atoms with Crippen LogP contribution >= 0.6 is 11.3 Å². The molecule has 0 saturated carbocycles. The summed E-state index contributed by atoms with van der Waals surface area (Å²) >= 11 is 1.08. The number of ketones is 1. The van der Waals surface area contributed by atoms with Crippen LogP contribution in [-0.2, 0) is 12.7 Å². The molecule has 0 spiro atoms. The Morgan fingerprint density at radius 3 is 2.52 bits per heavy atom. The smallest absolute Gasteiger partial charge is 0.416 e. The zero-order valence-electron chi connectivity index (χ0n) is 16.1. The summed E-state index contributed by atoms with van der Waals surface area (Å²) in [6.45, 7) is 1.32. The van der Waals surface area contributed by atoms with Crippen molar-refractivity contribution in [3.05, 3.63) is 76.4 Å². The minimum Gasteiger partial charge on any atom is -0.477 e. The van der Waals surface area contributed by atoms with Crippen molar-refractivity contribution in [1.82, 2.24) is 9.55 Å². The van der Waals surface area contributed by atoms with Crippen LogP contribution in [0.2, 0.25) is 0 Å². The van der Waals surface area contributed by atoms with Gasteiger partial charge in [-0.3, -0.25) is 4.79 Å². The summed E-state index contributed by atoms with van der Waals surface area (Å²) in [6.07, 6.45) is -3.10. The number of hydrogen-bond acceptors (Lipinski definition) is 4. The van der Waals surface area contributed by atoms with E-state index in [1.807, 2.05) is 0 Å². The van der Waals surface area contributed by atoms with Gasteiger partial charge < -0.3 is 9.67 Å². The van der Waals surface area contributed by atoms with Gasteiger partial charge in [-0.25, -0.2) is 9.78 Å². The van der Waals surface area contributed by atoms with E-state index in [1.54, 1.807) is 24.3 Å². The number of alkyl halides is 3. The van der Waals surface area contributed by atoms with Crippen LogP contribution in [0.25, 0.3) is 21.5 Å². The lowest BCUT2D eigenvalue weighted by atomic mass is 10.1. The molecule has 158 valence electrons. The second kappa shape index (κ2) is 7.66. The average molecular weight is 444 g/mol. The maximum absolute atomic E-state index is 13.1. The normalized spacial score (nSPS) is 11.7. The van der Waals surface area contributed by atoms with Crippen LogP contribution in [0.4, 0.5) is 13.2 Å². The molecule has 5 nitrogen and oxygen atoms in total. The quantitative estimate of drug-likeness (QED) is 0.399. The van der Waals surface area contributed by atoms with E-state index >= 15 is 0 Å². The SMILES string of the molecule is CC(=O)c1cnc(-c2c(C(=O)O)n(Cc3cccc(C(F)(F)F)c3)c3ccccc23)s1. The number of nitrogens with zero attached hydrogens (tertiary/aromatic N) is 2. The highest BCUT2D eigenvalue weighted by molar-refractivity contribution is 7.17. The minimum absolute atomic E-state index is 0.0724. The maximum atomic E-state index is 13.1. The molecular formula is C22H15F3N2O3S. The van der Waals surface area contributed by atoms with E-state index in [9.17, 15) is 27.9 Å². The number of rotatable bonds is 5. The van der Waals surface area contributed by atoms with E-state index in [0.717, 1.165) is 23.5 Å². The van der Waals surface area contributed by atoms with Gasteiger partial charge in [-0.2, -0.15) is 13.2 Å². The molecule has 0 fully saturated rings. The van der Waals surface area contributed by atoms with Crippen molar-refractivity contribution in [3.8, 4) is 10.6 Å². The Morgan fingerprint density at radius 2 is 1.87 bits per heavy atom. The molecule has 1 N–H and O–H groups in total. The van der Waals surface area contributed by atoms with E-state index in [1.165, 1.54) is 29.8 Å². The number of carbonyl (C=O) groups is 2. The second-order valence-electron chi connectivity index (χ2n) is 6.92. The molecule has 0 radical (unpaired) electrons. The number of carbonyl (C=O) groups excluding carboxylic acids is 1. The molecule has 0 amide bonds. The first-order valence-electron chi connectivity index (χ1n) is 9.14. The Labute approximate surface area is 178 Å². The van der Waals surface area contributed by atoms with Crippen molar-refractivity contribution in [1.29, 1.82) is 0 Å². The zero-order chi connectivity index (χ0) is 22.3. The molecule has 0 unspecified atom stereocenters. The standard InChI is InChI=1S/C22H15F3N2O3S/c1-12(28)17-10-26-20(31-17)18-15-7-2-3-8-16(15)27(19(18)21(29)30)11-13-5-4-6-14(9-13)22(23,24)25/h2-10H,11H2,1H3,(H,29,30). The molecule has 0 bridgehead atoms. The molecular weight excluding hydrogens is 429 g/mol. The molecule has 31 heavy (non-hydrogen) atoms. The van der Waals surface area contributed by atoms with Gasteiger partial charge >= 0.3 is 12.1 Å². The predicted octanol–water partition coefficient (Wildman–Crippen LogP) is 5.73. The lowest BCUT2D eigenvalue weighted by Gasteiger charge is -2.12. The Bertz CT molecular complexity index is 1320. The van der Waals surface area contributed by atoms with Crippen molar-refractivity contribution >= 4 is 34.0 Å². The van der Waals surface area contributed by atoms with Crippen molar-refractivity contribution in [2.45, 2.75) is 19.6 Å². The van der Waals surface area contributed by atoms with Crippen LogP contribution in [0.3, 0.4) is 0 Å². The number of carboxylic acid groups (broad SMARTS) is 1. The van der Waals surface area contributed by atoms with Gasteiger partial charge in [0.1, 0.15) is 10.7 Å². The molecule has 2 aromatic heterocycles. The average Bonchev–Trinajstić information content (AvgIpc) is 3.31. The summed E-state index contributed by atoms with van der Waals surface area (Å²) in [4.78, 5) is 28.6. The molecule has 2 heterocycles. The van der Waals surface area contributed by atoms with Crippen LogP contribution in [0.15, 0.2) is 54.7 Å². The summed E-state index contributed by atoms with van der Waals surface area (Å²) < 4.78 is 40.8. The largest absolute Gasteiger partial charge is 0.477 e. The van der Waals surface area contributed by atoms with Gasteiger partial charge in [-0.05, 0) is 23.8 Å². The Hall–Kier alpha value is -3.46. The molecule has 0 aliphatic heterocycles. The molecule has 0 saturated heterocycles. The summed E-state index contributed by atoms with van der Waals surface area (Å²) in [5.74, 6) is -1.42. The van der Waals surface area contributed by atoms with Gasteiger partial charge in [-0.1, -0.05) is 30.3 Å². The third kappa shape index (κ3) is 3.84. The first-order chi connectivity index (χ1) is 14.7. The highest BCUT2D eigenvalue weighted by atomic mass is 32.1. The van der Waals surface area contributed by atoms with E-state index < -0.39 is 17.7 Å². The monoisotopic (exact) mass is 444 g/mol. The Morgan fingerprint density at radius 1 is 1.13 bits per heavy atom. The van der Waals surface area contributed by atoms with Crippen LogP contribution in [0.1, 0.15) is 38.2 Å². The lowest BCUT2D eigenvalue weighted by Crippen LogP contribution is -2.11. The number of thiazole rings is 1. The number of para-hydroxylation sites is 1. The Kier molecular flexibility index (Phi) is 5.14. The highest BCUT2D eigenvalue weighted by Crippen LogP contribution is 2.38. The zero-order valence-corrected chi connectivity index (χ0v) is 16.9. The summed E-state index contributed by atoms with van der Waals surface area (Å²) in [5, 5.41) is 11.0. The van der Waals surface area contributed by atoms with E-state index in [4.69, 9.17) is 0 Å². The minimum atomic E-state index is -4.50. The fraction of sp³-hybridized carbons (Fsp3) is 0.136. The van der Waals surface area contributed by atoms with Gasteiger partial charge in [0.15, 0.2) is 5.78 Å². The van der Waals surface area contributed by atoms with Gasteiger partial charge in [-0.15, -0.1) is 11.3 Å². The third-order valence-electron chi connectivity index (χ3n) is 4.84. The number of halogens is 3. The molecule has 4 aromatic rings. The maximum Gasteiger partial charge on any atom is 0.416 e. The first-order valence-corrected chi connectivity index (χ1v) is 9.96. The topological polar surface area (TPSA) is 72.2 Å². The number of benzene rings is 2. The van der Waals surface area contributed by atoms with Crippen molar-refractivity contribution in [3.63, 3.8) is 0 Å². The van der Waals surface area contributed by atoms with Gasteiger partial charge in [0.2, 0.25) is 0 Å². The summed E-state index contributed by atoms with van der Waals surface area (Å²) in [7, 11) is 0. The molecule has 2 aromatic carbocycles. The first kappa shape index (κ1) is 20.8. The molecule has 0 atom stereocenters. The Balaban J connectivity index is 1.93. The van der Waals surface area contributed by atoms with E-state index in [0.29, 0.717) is 31.9 Å². The predicted molar refractivity (Wildman–Crippen MR) is 111 cm³/mol. The fourth-order valence-corrected chi connectivity index (χ4v) is 4.36. The molecule has 4 rings (SSSR count). The number of Topliss-reactive ketones (excluding diaryl/α,β-unsaturated/α-hetero) is 1. The van der Waals surface area contributed by atoms with Gasteiger partial charge in [0.25, 0.3) is 0 Å². The van der Waals surface area contributed by atoms with Crippen molar-refractivity contribution < 1.29 is 27.9 Å². The summed E-state index contributed by atoms with van der Waals surface area (Å²) in [6, 6.07) is 11.7. The van der Waals surface area contributed by atoms with Gasteiger partial charge in [0, 0.05) is 30.6 Å². The fourth-order valence-electron chi connectivity index (χ4n) is 3.49. The van der Waals surface area contributed by atoms with Gasteiger partial charge in [0.05, 0.1) is 16.0 Å². The number of hydrogen-bond donors (Lipinski definition) is 1. The number of fused-ring (bicyclic) bond motifs is 1. The van der Waals surface area contributed by atoms with Crippen LogP contribution in [0, 0.1) is 0 Å². The van der Waals surface area contributed by atoms with Crippen molar-refractivity contribution in [2.24, 2.45) is 0 Å².